The van der Waals surface area contributed by atoms with Crippen molar-refractivity contribution in [2.24, 2.45) is 0 Å². The van der Waals surface area contributed by atoms with Gasteiger partial charge in [-0.2, -0.15) is 11.8 Å². The van der Waals surface area contributed by atoms with Crippen LogP contribution in [0.5, 0.6) is 11.5 Å². The number of hydrogen-bond acceptors (Lipinski definition) is 4. The van der Waals surface area contributed by atoms with Crippen molar-refractivity contribution in [1.82, 2.24) is 0 Å². The molecule has 0 aromatic heterocycles. The molecule has 122 valence electrons. The summed E-state index contributed by atoms with van der Waals surface area (Å²) < 4.78 is 11.5. The smallest absolute Gasteiger partial charge is 0.304 e. The zero-order valence-corrected chi connectivity index (χ0v) is 14.2. The Labute approximate surface area is 136 Å². The molecule has 0 bridgehead atoms. The van der Waals surface area contributed by atoms with E-state index < -0.39 is 11.4 Å². The fourth-order valence-corrected chi connectivity index (χ4v) is 3.71. The van der Waals surface area contributed by atoms with Gasteiger partial charge in [0.05, 0.1) is 13.5 Å². The molecule has 1 aliphatic rings. The number of rotatable bonds is 6. The van der Waals surface area contributed by atoms with Crippen LogP contribution in [-0.2, 0) is 10.2 Å². The molecule has 1 aromatic carbocycles. The van der Waals surface area contributed by atoms with Gasteiger partial charge in [-0.25, -0.2) is 0 Å². The van der Waals surface area contributed by atoms with Gasteiger partial charge >= 0.3 is 5.97 Å². The molecule has 0 spiro atoms. The lowest BCUT2D eigenvalue weighted by atomic mass is 9.81. The van der Waals surface area contributed by atoms with Crippen LogP contribution in [0.4, 0.5) is 0 Å². The fourth-order valence-electron chi connectivity index (χ4n) is 2.64. The predicted molar refractivity (Wildman–Crippen MR) is 89.2 cm³/mol. The lowest BCUT2D eigenvalue weighted by Gasteiger charge is -2.27. The second kappa shape index (κ2) is 7.27. The van der Waals surface area contributed by atoms with Crippen LogP contribution in [-0.4, -0.2) is 35.8 Å². The summed E-state index contributed by atoms with van der Waals surface area (Å²) in [5, 5.41) is 9.08. The molecule has 1 aliphatic heterocycles. The number of carboxylic acids is 1. The molecular formula is C17H24O4S. The lowest BCUT2D eigenvalue weighted by molar-refractivity contribution is -0.138. The van der Waals surface area contributed by atoms with Gasteiger partial charge in [-0.05, 0) is 42.0 Å². The van der Waals surface area contributed by atoms with E-state index in [4.69, 9.17) is 14.6 Å². The van der Waals surface area contributed by atoms with Gasteiger partial charge in [0, 0.05) is 5.41 Å². The molecule has 0 atom stereocenters. The highest BCUT2D eigenvalue weighted by Gasteiger charge is 2.26. The van der Waals surface area contributed by atoms with Gasteiger partial charge < -0.3 is 14.6 Å². The molecule has 0 unspecified atom stereocenters. The maximum atomic E-state index is 11.1. The van der Waals surface area contributed by atoms with E-state index in [1.807, 2.05) is 43.8 Å². The number of hydrogen-bond donors (Lipinski definition) is 1. The Bertz CT molecular complexity index is 521. The fraction of sp³-hybridized carbons (Fsp3) is 0.588. The van der Waals surface area contributed by atoms with Crippen LogP contribution in [0.25, 0.3) is 0 Å². The summed E-state index contributed by atoms with van der Waals surface area (Å²) in [7, 11) is 1.63. The number of carboxylic acid groups (broad SMARTS) is 1. The van der Waals surface area contributed by atoms with Gasteiger partial charge in [-0.1, -0.05) is 19.9 Å². The Hall–Kier alpha value is -1.36. The molecule has 0 radical (unpaired) electrons. The van der Waals surface area contributed by atoms with E-state index in [9.17, 15) is 4.79 Å². The molecule has 5 heteroatoms. The van der Waals surface area contributed by atoms with Gasteiger partial charge in [0.15, 0.2) is 11.5 Å². The SMILES string of the molecule is COc1ccc(C(C)(C)CC(=O)O)cc1OC1CCSCC1. The molecule has 0 aliphatic carbocycles. The van der Waals surface area contributed by atoms with Crippen molar-refractivity contribution in [3.63, 3.8) is 0 Å². The Balaban J connectivity index is 2.23. The number of methoxy groups -OCH3 is 1. The van der Waals surface area contributed by atoms with Crippen molar-refractivity contribution in [3.8, 4) is 11.5 Å². The zero-order chi connectivity index (χ0) is 16.2. The molecule has 4 nitrogen and oxygen atoms in total. The van der Waals surface area contributed by atoms with Crippen molar-refractivity contribution in [1.29, 1.82) is 0 Å². The molecule has 0 saturated carbocycles. The van der Waals surface area contributed by atoms with Crippen LogP contribution < -0.4 is 9.47 Å². The minimum atomic E-state index is -0.799. The van der Waals surface area contributed by atoms with Gasteiger partial charge in [0.2, 0.25) is 0 Å². The Morgan fingerprint density at radius 3 is 2.59 bits per heavy atom. The highest BCUT2D eigenvalue weighted by atomic mass is 32.2. The molecule has 1 aromatic rings. The summed E-state index contributed by atoms with van der Waals surface area (Å²) in [5.41, 5.74) is 0.509. The topological polar surface area (TPSA) is 55.8 Å². The average Bonchev–Trinajstić information content (AvgIpc) is 2.47. The van der Waals surface area contributed by atoms with E-state index in [2.05, 4.69) is 0 Å². The van der Waals surface area contributed by atoms with Gasteiger partial charge in [-0.3, -0.25) is 4.79 Å². The summed E-state index contributed by atoms with van der Waals surface area (Å²) in [4.78, 5) is 11.1. The second-order valence-corrected chi connectivity index (χ2v) is 7.47. The first-order valence-corrected chi connectivity index (χ1v) is 8.72. The molecular weight excluding hydrogens is 300 g/mol. The van der Waals surface area contributed by atoms with E-state index in [1.165, 1.54) is 0 Å². The van der Waals surface area contributed by atoms with Gasteiger partial charge in [0.1, 0.15) is 6.10 Å². The zero-order valence-electron chi connectivity index (χ0n) is 13.4. The minimum absolute atomic E-state index is 0.0822. The van der Waals surface area contributed by atoms with Crippen molar-refractivity contribution >= 4 is 17.7 Å². The number of thioether (sulfide) groups is 1. The van der Waals surface area contributed by atoms with Crippen LogP contribution in [0.2, 0.25) is 0 Å². The quantitative estimate of drug-likeness (QED) is 0.864. The Morgan fingerprint density at radius 1 is 1.32 bits per heavy atom. The number of carbonyl (C=O) groups is 1. The minimum Gasteiger partial charge on any atom is -0.493 e. The first-order valence-electron chi connectivity index (χ1n) is 7.57. The summed E-state index contributed by atoms with van der Waals surface area (Å²) >= 11 is 1.96. The third-order valence-corrected chi connectivity index (χ3v) is 5.05. The first kappa shape index (κ1) is 17.0. The maximum Gasteiger partial charge on any atom is 0.304 e. The van der Waals surface area contributed by atoms with Gasteiger partial charge in [-0.15, -0.1) is 0 Å². The van der Waals surface area contributed by atoms with E-state index in [0.717, 1.165) is 35.7 Å². The Morgan fingerprint density at radius 2 is 2.00 bits per heavy atom. The molecule has 1 heterocycles. The van der Waals surface area contributed by atoms with Crippen LogP contribution in [0.3, 0.4) is 0 Å². The highest BCUT2D eigenvalue weighted by Crippen LogP contribution is 2.36. The van der Waals surface area contributed by atoms with Crippen LogP contribution in [0, 0.1) is 0 Å². The first-order chi connectivity index (χ1) is 10.4. The summed E-state index contributed by atoms with van der Waals surface area (Å²) in [6, 6.07) is 5.72. The molecule has 2 rings (SSSR count). The number of aliphatic carboxylic acids is 1. The van der Waals surface area contributed by atoms with Crippen molar-refractivity contribution in [3.05, 3.63) is 23.8 Å². The van der Waals surface area contributed by atoms with E-state index >= 15 is 0 Å². The standard InChI is InChI=1S/C17H24O4S/c1-17(2,11-16(18)19)12-4-5-14(20-3)15(10-12)21-13-6-8-22-9-7-13/h4-5,10,13H,6-9,11H2,1-3H3,(H,18,19). The van der Waals surface area contributed by atoms with E-state index in [0.29, 0.717) is 5.75 Å². The highest BCUT2D eigenvalue weighted by molar-refractivity contribution is 7.99. The molecule has 22 heavy (non-hydrogen) atoms. The molecule has 1 fully saturated rings. The summed E-state index contributed by atoms with van der Waals surface area (Å²) in [6.45, 7) is 3.87. The van der Waals surface area contributed by atoms with Crippen LogP contribution in [0.15, 0.2) is 18.2 Å². The third-order valence-electron chi connectivity index (χ3n) is 4.00. The molecule has 1 saturated heterocycles. The largest absolute Gasteiger partial charge is 0.493 e. The van der Waals surface area contributed by atoms with Crippen molar-refractivity contribution in [2.45, 2.75) is 44.6 Å². The Kier molecular flexibility index (Phi) is 5.62. The number of ether oxygens (including phenoxy) is 2. The normalized spacial score (nSPS) is 16.3. The lowest BCUT2D eigenvalue weighted by Crippen LogP contribution is -2.24. The van der Waals surface area contributed by atoms with E-state index in [-0.39, 0.29) is 12.5 Å². The predicted octanol–water partition coefficient (Wildman–Crippen LogP) is 3.72. The van der Waals surface area contributed by atoms with E-state index in [1.54, 1.807) is 7.11 Å². The van der Waals surface area contributed by atoms with Crippen molar-refractivity contribution < 1.29 is 19.4 Å². The summed E-state index contributed by atoms with van der Waals surface area (Å²) in [6.07, 6.45) is 2.37. The summed E-state index contributed by atoms with van der Waals surface area (Å²) in [5.74, 6) is 2.87. The van der Waals surface area contributed by atoms with Gasteiger partial charge in [0.25, 0.3) is 0 Å². The maximum absolute atomic E-state index is 11.1. The second-order valence-electron chi connectivity index (χ2n) is 6.25. The monoisotopic (exact) mass is 324 g/mol. The number of benzene rings is 1. The molecule has 0 amide bonds. The van der Waals surface area contributed by atoms with Crippen LogP contribution in [0.1, 0.15) is 38.7 Å². The average molecular weight is 324 g/mol. The van der Waals surface area contributed by atoms with Crippen LogP contribution >= 0.6 is 11.8 Å². The molecule has 1 N–H and O–H groups in total. The third kappa shape index (κ3) is 4.32. The van der Waals surface area contributed by atoms with Crippen molar-refractivity contribution in [2.75, 3.05) is 18.6 Å².